The third-order valence-corrected chi connectivity index (χ3v) is 6.09. The smallest absolute Gasteiger partial charge is 0.293 e. The molecule has 2 aliphatic rings. The van der Waals surface area contributed by atoms with Crippen LogP contribution in [0.25, 0.3) is 0 Å². The Hall–Kier alpha value is -2.80. The number of benzene rings is 2. The zero-order chi connectivity index (χ0) is 21.1. The van der Waals surface area contributed by atoms with Gasteiger partial charge < -0.3 is 14.7 Å². The lowest BCUT2D eigenvalue weighted by molar-refractivity contribution is -0.384. The third-order valence-electron chi connectivity index (χ3n) is 5.86. The molecule has 2 saturated heterocycles. The van der Waals surface area contributed by atoms with Crippen LogP contribution >= 0.6 is 11.6 Å². The zero-order valence-electron chi connectivity index (χ0n) is 16.8. The van der Waals surface area contributed by atoms with Gasteiger partial charge in [0, 0.05) is 61.6 Å². The van der Waals surface area contributed by atoms with Crippen LogP contribution < -0.4 is 9.80 Å². The fraction of sp³-hybridized carbons (Fsp3) is 0.409. The second kappa shape index (κ2) is 8.92. The summed E-state index contributed by atoms with van der Waals surface area (Å²) in [4.78, 5) is 30.3. The van der Waals surface area contributed by atoms with Crippen LogP contribution in [-0.4, -0.2) is 55.0 Å². The second-order valence-corrected chi connectivity index (χ2v) is 8.20. The second-order valence-electron chi connectivity index (χ2n) is 7.77. The van der Waals surface area contributed by atoms with Gasteiger partial charge in [0.1, 0.15) is 5.69 Å². The van der Waals surface area contributed by atoms with Crippen molar-refractivity contribution in [1.29, 1.82) is 0 Å². The molecule has 2 heterocycles. The largest absolute Gasteiger partial charge is 0.368 e. The Bertz CT molecular complexity index is 938. The highest BCUT2D eigenvalue weighted by molar-refractivity contribution is 6.30. The van der Waals surface area contributed by atoms with Crippen molar-refractivity contribution < 1.29 is 9.72 Å². The number of hydrogen-bond acceptors (Lipinski definition) is 5. The quantitative estimate of drug-likeness (QED) is 0.539. The first-order valence-corrected chi connectivity index (χ1v) is 10.7. The molecule has 0 aromatic heterocycles. The number of nitro benzene ring substituents is 1. The molecule has 0 N–H and O–H groups in total. The van der Waals surface area contributed by atoms with Gasteiger partial charge in [0.05, 0.1) is 4.92 Å². The van der Waals surface area contributed by atoms with E-state index in [4.69, 9.17) is 11.6 Å². The van der Waals surface area contributed by atoms with Crippen molar-refractivity contribution in [2.45, 2.75) is 19.3 Å². The Morgan fingerprint density at radius 1 is 0.900 bits per heavy atom. The first-order valence-electron chi connectivity index (χ1n) is 10.4. The van der Waals surface area contributed by atoms with E-state index in [-0.39, 0.29) is 16.5 Å². The summed E-state index contributed by atoms with van der Waals surface area (Å²) in [6.07, 6.45) is 3.23. The molecule has 2 aromatic carbocycles. The van der Waals surface area contributed by atoms with E-state index in [9.17, 15) is 14.9 Å². The molecule has 30 heavy (non-hydrogen) atoms. The highest BCUT2D eigenvalue weighted by Crippen LogP contribution is 2.32. The van der Waals surface area contributed by atoms with Crippen molar-refractivity contribution in [1.82, 2.24) is 4.90 Å². The number of carbonyl (C=O) groups is 1. The molecule has 2 fully saturated rings. The lowest BCUT2D eigenvalue weighted by atomic mass is 10.1. The van der Waals surface area contributed by atoms with E-state index >= 15 is 0 Å². The summed E-state index contributed by atoms with van der Waals surface area (Å²) < 4.78 is 0. The maximum absolute atomic E-state index is 13.0. The maximum atomic E-state index is 13.0. The number of nitrogens with zero attached hydrogens (tertiary/aromatic N) is 4. The Morgan fingerprint density at radius 3 is 2.30 bits per heavy atom. The molecule has 4 rings (SSSR count). The van der Waals surface area contributed by atoms with E-state index in [0.717, 1.165) is 38.0 Å². The van der Waals surface area contributed by atoms with Gasteiger partial charge in [0.25, 0.3) is 11.6 Å². The van der Waals surface area contributed by atoms with Crippen LogP contribution in [0.2, 0.25) is 5.02 Å². The SMILES string of the molecule is O=C(c1ccc(N2CCCCC2)c([N+](=O)[O-])c1)N1CCN(c2cccc(Cl)c2)CC1. The third kappa shape index (κ3) is 4.36. The maximum Gasteiger partial charge on any atom is 0.293 e. The van der Waals surface area contributed by atoms with Gasteiger partial charge in [-0.15, -0.1) is 0 Å². The normalized spacial score (nSPS) is 17.2. The first-order chi connectivity index (χ1) is 14.5. The summed E-state index contributed by atoms with van der Waals surface area (Å²) in [6.45, 7) is 4.15. The van der Waals surface area contributed by atoms with Gasteiger partial charge in [-0.1, -0.05) is 17.7 Å². The number of piperazine rings is 1. The minimum atomic E-state index is -0.377. The summed E-state index contributed by atoms with van der Waals surface area (Å²) in [5.74, 6) is -0.158. The molecular weight excluding hydrogens is 404 g/mol. The molecule has 2 aliphatic heterocycles. The van der Waals surface area contributed by atoms with Gasteiger partial charge >= 0.3 is 0 Å². The van der Waals surface area contributed by atoms with Gasteiger partial charge in [-0.2, -0.15) is 0 Å². The van der Waals surface area contributed by atoms with Crippen LogP contribution in [-0.2, 0) is 0 Å². The van der Waals surface area contributed by atoms with Crippen LogP contribution in [0.4, 0.5) is 17.1 Å². The van der Waals surface area contributed by atoms with E-state index in [2.05, 4.69) is 9.80 Å². The van der Waals surface area contributed by atoms with Crippen LogP contribution in [0.5, 0.6) is 0 Å². The van der Waals surface area contributed by atoms with Gasteiger partial charge in [0.15, 0.2) is 0 Å². The van der Waals surface area contributed by atoms with E-state index < -0.39 is 0 Å². The van der Waals surface area contributed by atoms with Crippen molar-refractivity contribution in [2.24, 2.45) is 0 Å². The van der Waals surface area contributed by atoms with Crippen molar-refractivity contribution >= 4 is 34.6 Å². The lowest BCUT2D eigenvalue weighted by Crippen LogP contribution is -2.48. The molecule has 0 bridgehead atoms. The van der Waals surface area contributed by atoms with E-state index in [1.165, 1.54) is 6.07 Å². The Kier molecular flexibility index (Phi) is 6.08. The van der Waals surface area contributed by atoms with Gasteiger partial charge in [-0.25, -0.2) is 0 Å². The summed E-state index contributed by atoms with van der Waals surface area (Å²) >= 11 is 6.08. The Balaban J connectivity index is 1.47. The zero-order valence-corrected chi connectivity index (χ0v) is 17.6. The fourth-order valence-corrected chi connectivity index (χ4v) is 4.41. The van der Waals surface area contributed by atoms with Crippen LogP contribution in [0.1, 0.15) is 29.6 Å². The number of anilines is 2. The summed E-state index contributed by atoms with van der Waals surface area (Å²) in [5, 5.41) is 12.4. The number of piperidine rings is 1. The molecule has 0 atom stereocenters. The van der Waals surface area contributed by atoms with E-state index in [1.807, 2.05) is 24.3 Å². The average molecular weight is 429 g/mol. The molecular formula is C22H25ClN4O3. The predicted molar refractivity (Wildman–Crippen MR) is 119 cm³/mol. The Morgan fingerprint density at radius 2 is 1.63 bits per heavy atom. The predicted octanol–water partition coefficient (Wildman–Crippen LogP) is 4.20. The van der Waals surface area contributed by atoms with Gasteiger partial charge in [-0.05, 0) is 49.6 Å². The van der Waals surface area contributed by atoms with Crippen LogP contribution in [0.15, 0.2) is 42.5 Å². The van der Waals surface area contributed by atoms with Crippen molar-refractivity contribution in [3.63, 3.8) is 0 Å². The lowest BCUT2D eigenvalue weighted by Gasteiger charge is -2.36. The van der Waals surface area contributed by atoms with E-state index in [1.54, 1.807) is 17.0 Å². The molecule has 0 unspecified atom stereocenters. The molecule has 8 heteroatoms. The molecule has 7 nitrogen and oxygen atoms in total. The van der Waals surface area contributed by atoms with Crippen molar-refractivity contribution in [3.8, 4) is 0 Å². The first kappa shape index (κ1) is 20.5. The highest BCUT2D eigenvalue weighted by Gasteiger charge is 2.27. The standard InChI is InChI=1S/C22H25ClN4O3/c23-18-5-4-6-19(16-18)24-11-13-26(14-12-24)22(28)17-7-8-20(21(15-17)27(29)30)25-9-2-1-3-10-25/h4-8,15-16H,1-3,9-14H2. The van der Waals surface area contributed by atoms with Gasteiger partial charge in [0.2, 0.25) is 0 Å². The number of amides is 1. The highest BCUT2D eigenvalue weighted by atomic mass is 35.5. The monoisotopic (exact) mass is 428 g/mol. The average Bonchev–Trinajstić information content (AvgIpc) is 2.79. The molecule has 0 saturated carbocycles. The Labute approximate surface area is 181 Å². The topological polar surface area (TPSA) is 69.9 Å². The molecule has 158 valence electrons. The van der Waals surface area contributed by atoms with E-state index in [0.29, 0.717) is 42.5 Å². The summed E-state index contributed by atoms with van der Waals surface area (Å²) in [6, 6.07) is 12.6. The van der Waals surface area contributed by atoms with Crippen LogP contribution in [0, 0.1) is 10.1 Å². The molecule has 0 spiro atoms. The van der Waals surface area contributed by atoms with Gasteiger partial charge in [-0.3, -0.25) is 14.9 Å². The molecule has 1 amide bonds. The van der Waals surface area contributed by atoms with Crippen LogP contribution in [0.3, 0.4) is 0 Å². The molecule has 0 radical (unpaired) electrons. The number of nitro groups is 1. The summed E-state index contributed by atoms with van der Waals surface area (Å²) in [5.41, 5.74) is 2.04. The molecule has 0 aliphatic carbocycles. The minimum absolute atomic E-state index is 0.0142. The number of carbonyl (C=O) groups excluding carboxylic acids is 1. The minimum Gasteiger partial charge on any atom is -0.368 e. The molecule has 2 aromatic rings. The summed E-state index contributed by atoms with van der Waals surface area (Å²) in [7, 11) is 0. The number of hydrogen-bond donors (Lipinski definition) is 0. The van der Waals surface area contributed by atoms with Crippen molar-refractivity contribution in [3.05, 3.63) is 63.2 Å². The number of rotatable bonds is 4. The fourth-order valence-electron chi connectivity index (χ4n) is 4.23. The number of halogens is 1. The van der Waals surface area contributed by atoms with Crippen molar-refractivity contribution in [2.75, 3.05) is 49.1 Å².